The summed E-state index contributed by atoms with van der Waals surface area (Å²) >= 11 is 2.09. The molecule has 2 fully saturated rings. The van der Waals surface area contributed by atoms with E-state index in [1.807, 2.05) is 0 Å². The second-order valence-electron chi connectivity index (χ2n) is 8.92. The average Bonchev–Trinajstić information content (AvgIpc) is 2.40. The number of carbonyl (C=O) groups is 1. The van der Waals surface area contributed by atoms with E-state index >= 15 is 0 Å². The number of esters is 1. The summed E-state index contributed by atoms with van der Waals surface area (Å²) in [7, 11) is 0. The number of carbonyl (C=O) groups excluding carboxylic acids is 1. The van der Waals surface area contributed by atoms with Crippen LogP contribution in [0.3, 0.4) is 0 Å². The van der Waals surface area contributed by atoms with Gasteiger partial charge in [-0.3, -0.25) is 4.79 Å². The molecular formula is C20H36O3S. The fourth-order valence-corrected chi connectivity index (χ4v) is 4.54. The molecule has 0 bridgehead atoms. The molecule has 3 nitrogen and oxygen atoms in total. The van der Waals surface area contributed by atoms with E-state index in [9.17, 15) is 4.79 Å². The minimum absolute atomic E-state index is 0.00534. The van der Waals surface area contributed by atoms with Crippen LogP contribution in [0.1, 0.15) is 66.2 Å². The summed E-state index contributed by atoms with van der Waals surface area (Å²) in [4.78, 5) is 11.4. The lowest BCUT2D eigenvalue weighted by atomic mass is 9.74. The van der Waals surface area contributed by atoms with Gasteiger partial charge in [-0.25, -0.2) is 0 Å². The lowest BCUT2D eigenvalue weighted by Gasteiger charge is -2.40. The zero-order chi connectivity index (χ0) is 17.6. The molecule has 2 aliphatic heterocycles. The molecule has 0 aromatic rings. The van der Waals surface area contributed by atoms with Crippen LogP contribution in [-0.2, 0) is 14.3 Å². The Kier molecular flexibility index (Phi) is 7.48. The highest BCUT2D eigenvalue weighted by Crippen LogP contribution is 2.38. The smallest absolute Gasteiger partial charge is 0.312 e. The number of ether oxygens (including phenoxy) is 2. The minimum Gasteiger partial charge on any atom is -0.464 e. The standard InChI is InChI=1S/C20H36O3S/c1-19(2,16-13-22-14-16)9-5-7-11-24-12-8-6-10-20(3,4)17-15-23-18(17)21/h16-17H,5-15H2,1-4H3. The summed E-state index contributed by atoms with van der Waals surface area (Å²) in [5, 5.41) is 0. The van der Waals surface area contributed by atoms with Gasteiger partial charge in [-0.05, 0) is 48.0 Å². The highest BCUT2D eigenvalue weighted by Gasteiger charge is 2.42. The van der Waals surface area contributed by atoms with Gasteiger partial charge in [-0.2, -0.15) is 11.8 Å². The van der Waals surface area contributed by atoms with Gasteiger partial charge in [-0.1, -0.05) is 40.5 Å². The monoisotopic (exact) mass is 356 g/mol. The van der Waals surface area contributed by atoms with Gasteiger partial charge in [0.2, 0.25) is 0 Å². The van der Waals surface area contributed by atoms with Crippen molar-refractivity contribution in [2.45, 2.75) is 66.2 Å². The second kappa shape index (κ2) is 8.93. The van der Waals surface area contributed by atoms with Crippen molar-refractivity contribution in [2.24, 2.45) is 22.7 Å². The third-order valence-electron chi connectivity index (χ3n) is 6.08. The quantitative estimate of drug-likeness (QED) is 0.367. The van der Waals surface area contributed by atoms with Crippen LogP contribution >= 0.6 is 11.8 Å². The fraction of sp³-hybridized carbons (Fsp3) is 0.950. The van der Waals surface area contributed by atoms with Gasteiger partial charge in [0.25, 0.3) is 0 Å². The Bertz CT molecular complexity index is 402. The highest BCUT2D eigenvalue weighted by atomic mass is 32.2. The van der Waals surface area contributed by atoms with E-state index in [1.165, 1.54) is 43.6 Å². The van der Waals surface area contributed by atoms with Crippen molar-refractivity contribution in [3.8, 4) is 0 Å². The molecule has 2 heterocycles. The zero-order valence-electron chi connectivity index (χ0n) is 16.1. The van der Waals surface area contributed by atoms with Crippen molar-refractivity contribution in [2.75, 3.05) is 31.3 Å². The van der Waals surface area contributed by atoms with Crippen LogP contribution in [0.25, 0.3) is 0 Å². The fourth-order valence-electron chi connectivity index (χ4n) is 3.52. The Morgan fingerprint density at radius 1 is 0.917 bits per heavy atom. The molecule has 4 heteroatoms. The molecular weight excluding hydrogens is 320 g/mol. The van der Waals surface area contributed by atoms with Crippen molar-refractivity contribution in [3.05, 3.63) is 0 Å². The molecule has 140 valence electrons. The van der Waals surface area contributed by atoms with Crippen LogP contribution in [-0.4, -0.2) is 37.3 Å². The molecule has 0 N–H and O–H groups in total. The molecule has 0 radical (unpaired) electrons. The normalized spacial score (nSPS) is 22.0. The number of hydrogen-bond donors (Lipinski definition) is 0. The van der Waals surface area contributed by atoms with Crippen LogP contribution < -0.4 is 0 Å². The summed E-state index contributed by atoms with van der Waals surface area (Å²) in [5.41, 5.74) is 0.563. The van der Waals surface area contributed by atoms with Crippen molar-refractivity contribution in [3.63, 3.8) is 0 Å². The van der Waals surface area contributed by atoms with Gasteiger partial charge < -0.3 is 9.47 Å². The number of rotatable bonds is 12. The topological polar surface area (TPSA) is 35.5 Å². The molecule has 2 saturated heterocycles. The van der Waals surface area contributed by atoms with E-state index in [2.05, 4.69) is 39.5 Å². The molecule has 0 spiro atoms. The molecule has 0 amide bonds. The summed E-state index contributed by atoms with van der Waals surface area (Å²) in [6.45, 7) is 11.8. The molecule has 2 aliphatic rings. The number of cyclic esters (lactones) is 1. The van der Waals surface area contributed by atoms with E-state index in [1.54, 1.807) is 0 Å². The molecule has 0 aromatic heterocycles. The number of thioether (sulfide) groups is 1. The Morgan fingerprint density at radius 3 is 1.92 bits per heavy atom. The van der Waals surface area contributed by atoms with Crippen LogP contribution in [0, 0.1) is 22.7 Å². The molecule has 2 rings (SSSR count). The van der Waals surface area contributed by atoms with Crippen molar-refractivity contribution >= 4 is 17.7 Å². The van der Waals surface area contributed by atoms with Crippen LogP contribution in [0.4, 0.5) is 0 Å². The minimum atomic E-state index is 0.00534. The highest BCUT2D eigenvalue weighted by molar-refractivity contribution is 7.99. The first-order valence-electron chi connectivity index (χ1n) is 9.65. The van der Waals surface area contributed by atoms with Crippen LogP contribution in [0.2, 0.25) is 0 Å². The molecule has 1 unspecified atom stereocenters. The zero-order valence-corrected chi connectivity index (χ0v) is 16.9. The van der Waals surface area contributed by atoms with Gasteiger partial charge in [0.15, 0.2) is 0 Å². The summed E-state index contributed by atoms with van der Waals surface area (Å²) < 4.78 is 10.2. The second-order valence-corrected chi connectivity index (χ2v) is 10.1. The molecule has 0 aliphatic carbocycles. The average molecular weight is 357 g/mol. The summed E-state index contributed by atoms with van der Waals surface area (Å²) in [6.07, 6.45) is 7.62. The predicted octanol–water partition coefficient (Wildman–Crippen LogP) is 4.93. The Labute approximate surface area is 152 Å². The van der Waals surface area contributed by atoms with E-state index < -0.39 is 0 Å². The SMILES string of the molecule is CC(C)(CCCCSCCCCC(C)(C)C1COC1=O)C1COC1. The molecule has 24 heavy (non-hydrogen) atoms. The lowest BCUT2D eigenvalue weighted by molar-refractivity contribution is -0.178. The Morgan fingerprint density at radius 2 is 1.50 bits per heavy atom. The molecule has 0 saturated carbocycles. The van der Waals surface area contributed by atoms with Gasteiger partial charge >= 0.3 is 5.97 Å². The van der Waals surface area contributed by atoms with Crippen molar-refractivity contribution in [1.29, 1.82) is 0 Å². The van der Waals surface area contributed by atoms with Gasteiger partial charge in [-0.15, -0.1) is 0 Å². The van der Waals surface area contributed by atoms with E-state index in [0.29, 0.717) is 12.0 Å². The van der Waals surface area contributed by atoms with E-state index in [4.69, 9.17) is 9.47 Å². The third kappa shape index (κ3) is 5.66. The maximum atomic E-state index is 11.4. The molecule has 1 atom stereocenters. The van der Waals surface area contributed by atoms with Gasteiger partial charge in [0.05, 0.1) is 19.1 Å². The maximum Gasteiger partial charge on any atom is 0.312 e. The Hall–Kier alpha value is -0.220. The van der Waals surface area contributed by atoms with E-state index in [-0.39, 0.29) is 17.3 Å². The van der Waals surface area contributed by atoms with Crippen LogP contribution in [0.5, 0.6) is 0 Å². The predicted molar refractivity (Wildman–Crippen MR) is 101 cm³/mol. The van der Waals surface area contributed by atoms with Gasteiger partial charge in [0.1, 0.15) is 6.61 Å². The third-order valence-corrected chi connectivity index (χ3v) is 7.24. The number of unbranched alkanes of at least 4 members (excludes halogenated alkanes) is 2. The van der Waals surface area contributed by atoms with Gasteiger partial charge in [0, 0.05) is 5.92 Å². The summed E-state index contributed by atoms with van der Waals surface area (Å²) in [5.74, 6) is 3.46. The first-order valence-corrected chi connectivity index (χ1v) is 10.8. The first kappa shape index (κ1) is 20.1. The Balaban J connectivity index is 1.42. The number of hydrogen-bond acceptors (Lipinski definition) is 4. The lowest BCUT2D eigenvalue weighted by Crippen LogP contribution is -2.44. The summed E-state index contributed by atoms with van der Waals surface area (Å²) in [6, 6.07) is 0. The van der Waals surface area contributed by atoms with Crippen molar-refractivity contribution < 1.29 is 14.3 Å². The van der Waals surface area contributed by atoms with Crippen LogP contribution in [0.15, 0.2) is 0 Å². The first-order chi connectivity index (χ1) is 11.3. The van der Waals surface area contributed by atoms with E-state index in [0.717, 1.165) is 25.6 Å². The maximum absolute atomic E-state index is 11.4. The largest absolute Gasteiger partial charge is 0.464 e. The molecule has 0 aromatic carbocycles. The van der Waals surface area contributed by atoms with Crippen molar-refractivity contribution in [1.82, 2.24) is 0 Å².